The number of nitrogen functional groups attached to an aromatic ring is 1. The molecule has 7 nitrogen and oxygen atoms in total. The molecule has 1 aromatic heterocycles. The molecular formula is C10H15N3O4S2. The molecule has 3 N–H and O–H groups in total. The topological polar surface area (TPSA) is 115 Å². The highest BCUT2D eigenvalue weighted by Gasteiger charge is 2.30. The molecule has 1 fully saturated rings. The second-order valence-electron chi connectivity index (χ2n) is 4.74. The van der Waals surface area contributed by atoms with Gasteiger partial charge in [0.15, 0.2) is 5.00 Å². The summed E-state index contributed by atoms with van der Waals surface area (Å²) in [5.74, 6) is 0.868. The molecule has 0 aromatic carbocycles. The first-order chi connectivity index (χ1) is 8.81. The molecule has 1 aliphatic carbocycles. The van der Waals surface area contributed by atoms with E-state index in [1.54, 1.807) is 0 Å². The zero-order valence-corrected chi connectivity index (χ0v) is 12.0. The number of rotatable bonds is 6. The summed E-state index contributed by atoms with van der Waals surface area (Å²) in [4.78, 5) is 9.96. The van der Waals surface area contributed by atoms with Crippen LogP contribution < -0.4 is 10.5 Å². The third kappa shape index (κ3) is 3.23. The van der Waals surface area contributed by atoms with Crippen molar-refractivity contribution in [1.82, 2.24) is 4.72 Å². The summed E-state index contributed by atoms with van der Waals surface area (Å²) in [6, 6.07) is 1.00. The van der Waals surface area contributed by atoms with Crippen LogP contribution in [-0.2, 0) is 10.0 Å². The van der Waals surface area contributed by atoms with Gasteiger partial charge < -0.3 is 5.73 Å². The van der Waals surface area contributed by atoms with Gasteiger partial charge in [0.1, 0.15) is 4.21 Å². The van der Waals surface area contributed by atoms with Gasteiger partial charge in [-0.25, -0.2) is 13.1 Å². The van der Waals surface area contributed by atoms with Crippen LogP contribution >= 0.6 is 11.3 Å². The number of hydrogen-bond acceptors (Lipinski definition) is 6. The van der Waals surface area contributed by atoms with Crippen LogP contribution in [0.15, 0.2) is 10.3 Å². The van der Waals surface area contributed by atoms with Gasteiger partial charge in [-0.1, -0.05) is 18.3 Å². The maximum absolute atomic E-state index is 12.0. The van der Waals surface area contributed by atoms with Gasteiger partial charge in [0.05, 0.1) is 4.92 Å². The van der Waals surface area contributed by atoms with Crippen LogP contribution in [0.5, 0.6) is 0 Å². The predicted molar refractivity (Wildman–Crippen MR) is 72.5 cm³/mol. The quantitative estimate of drug-likeness (QED) is 0.611. The van der Waals surface area contributed by atoms with E-state index in [2.05, 4.69) is 4.72 Å². The lowest BCUT2D eigenvalue weighted by Gasteiger charge is -2.10. The van der Waals surface area contributed by atoms with Gasteiger partial charge in [-0.2, -0.15) is 0 Å². The van der Waals surface area contributed by atoms with Gasteiger partial charge in [0, 0.05) is 12.6 Å². The zero-order chi connectivity index (χ0) is 14.2. The molecule has 0 aliphatic heterocycles. The average Bonchev–Trinajstić information content (AvgIpc) is 3.08. The molecule has 1 saturated carbocycles. The second-order valence-corrected chi connectivity index (χ2v) is 7.82. The summed E-state index contributed by atoms with van der Waals surface area (Å²) in [6.07, 6.45) is 2.28. The number of nitro groups is 1. The van der Waals surface area contributed by atoms with E-state index in [4.69, 9.17) is 5.73 Å². The van der Waals surface area contributed by atoms with Crippen molar-refractivity contribution in [2.45, 2.75) is 24.0 Å². The molecule has 1 heterocycles. The van der Waals surface area contributed by atoms with Crippen LogP contribution in [0.1, 0.15) is 19.8 Å². The summed E-state index contributed by atoms with van der Waals surface area (Å²) >= 11 is 0.711. The smallest absolute Gasteiger partial charge is 0.304 e. The molecule has 0 bridgehead atoms. The molecular weight excluding hydrogens is 290 g/mol. The van der Waals surface area contributed by atoms with Crippen molar-refractivity contribution >= 4 is 32.0 Å². The highest BCUT2D eigenvalue weighted by atomic mass is 32.2. The third-order valence-corrected chi connectivity index (χ3v) is 6.05. The highest BCUT2D eigenvalue weighted by molar-refractivity contribution is 7.91. The summed E-state index contributed by atoms with van der Waals surface area (Å²) in [7, 11) is -3.71. The Hall–Kier alpha value is -1.19. The first-order valence-electron chi connectivity index (χ1n) is 5.84. The maximum Gasteiger partial charge on any atom is 0.304 e. The van der Waals surface area contributed by atoms with Gasteiger partial charge >= 0.3 is 5.69 Å². The minimum absolute atomic E-state index is 0.0967. The molecule has 0 radical (unpaired) electrons. The van der Waals surface area contributed by atoms with Crippen molar-refractivity contribution in [1.29, 1.82) is 0 Å². The number of anilines is 1. The molecule has 0 amide bonds. The lowest BCUT2D eigenvalue weighted by Crippen LogP contribution is -2.28. The molecule has 1 aliphatic rings. The molecule has 19 heavy (non-hydrogen) atoms. The largest absolute Gasteiger partial charge is 0.385 e. The van der Waals surface area contributed by atoms with E-state index in [0.717, 1.165) is 18.9 Å². The van der Waals surface area contributed by atoms with E-state index < -0.39 is 14.9 Å². The molecule has 1 aromatic rings. The number of sulfonamides is 1. The van der Waals surface area contributed by atoms with Crippen LogP contribution in [0.2, 0.25) is 0 Å². The normalized spacial score (nSPS) is 17.3. The van der Waals surface area contributed by atoms with Gasteiger partial charge in [-0.3, -0.25) is 10.1 Å². The maximum atomic E-state index is 12.0. The summed E-state index contributed by atoms with van der Waals surface area (Å²) in [6.45, 7) is 2.34. The fourth-order valence-electron chi connectivity index (χ4n) is 1.79. The van der Waals surface area contributed by atoms with Crippen molar-refractivity contribution in [3.05, 3.63) is 16.2 Å². The molecule has 0 spiro atoms. The Balaban J connectivity index is 2.10. The monoisotopic (exact) mass is 305 g/mol. The molecule has 0 saturated heterocycles. The third-order valence-electron chi connectivity index (χ3n) is 3.20. The van der Waals surface area contributed by atoms with E-state index in [0.29, 0.717) is 23.8 Å². The summed E-state index contributed by atoms with van der Waals surface area (Å²) in [5, 5.41) is 10.5. The Bertz CT molecular complexity index is 592. The summed E-state index contributed by atoms with van der Waals surface area (Å²) in [5.41, 5.74) is 5.08. The van der Waals surface area contributed by atoms with Gasteiger partial charge in [0.25, 0.3) is 0 Å². The Morgan fingerprint density at radius 1 is 1.63 bits per heavy atom. The highest BCUT2D eigenvalue weighted by Crippen LogP contribution is 2.37. The van der Waals surface area contributed by atoms with Gasteiger partial charge in [-0.15, -0.1) is 0 Å². The standard InChI is InChI=1S/C10H15N3O4S2/c1-6(7-2-3-7)5-12-19(16,17)9-4-8(13(14)15)10(11)18-9/h4,6-7,12H,2-3,5,11H2,1H3. The van der Waals surface area contributed by atoms with Crippen molar-refractivity contribution < 1.29 is 13.3 Å². The van der Waals surface area contributed by atoms with Crippen molar-refractivity contribution in [2.24, 2.45) is 11.8 Å². The van der Waals surface area contributed by atoms with Gasteiger partial charge in [-0.05, 0) is 24.7 Å². The predicted octanol–water partition coefficient (Wildman–Crippen LogP) is 1.56. The minimum Gasteiger partial charge on any atom is -0.385 e. The van der Waals surface area contributed by atoms with Crippen LogP contribution in [-0.4, -0.2) is 19.9 Å². The van der Waals surface area contributed by atoms with Crippen molar-refractivity contribution in [3.63, 3.8) is 0 Å². The van der Waals surface area contributed by atoms with E-state index >= 15 is 0 Å². The van der Waals surface area contributed by atoms with E-state index in [1.165, 1.54) is 0 Å². The van der Waals surface area contributed by atoms with Gasteiger partial charge in [0.2, 0.25) is 10.0 Å². The molecule has 2 rings (SSSR count). The molecule has 1 unspecified atom stereocenters. The van der Waals surface area contributed by atoms with Crippen LogP contribution in [0.4, 0.5) is 10.7 Å². The lowest BCUT2D eigenvalue weighted by molar-refractivity contribution is -0.383. The number of hydrogen-bond donors (Lipinski definition) is 2. The van der Waals surface area contributed by atoms with E-state index in [1.807, 2.05) is 6.92 Å². The Labute approximate surface area is 115 Å². The number of thiophene rings is 1. The zero-order valence-electron chi connectivity index (χ0n) is 10.3. The molecule has 9 heteroatoms. The Morgan fingerprint density at radius 3 is 2.74 bits per heavy atom. The Morgan fingerprint density at radius 2 is 2.26 bits per heavy atom. The fraction of sp³-hybridized carbons (Fsp3) is 0.600. The lowest BCUT2D eigenvalue weighted by atomic mass is 10.1. The number of nitrogens with two attached hydrogens (primary N) is 1. The number of nitrogens with one attached hydrogen (secondary N) is 1. The first-order valence-corrected chi connectivity index (χ1v) is 8.14. The second kappa shape index (κ2) is 5.06. The molecule has 106 valence electrons. The Kier molecular flexibility index (Phi) is 3.79. The van der Waals surface area contributed by atoms with E-state index in [9.17, 15) is 18.5 Å². The van der Waals surface area contributed by atoms with Crippen LogP contribution in [0.25, 0.3) is 0 Å². The van der Waals surface area contributed by atoms with Crippen molar-refractivity contribution in [3.8, 4) is 0 Å². The van der Waals surface area contributed by atoms with E-state index in [-0.39, 0.29) is 20.8 Å². The number of nitrogens with zero attached hydrogens (tertiary/aromatic N) is 1. The molecule has 1 atom stereocenters. The summed E-state index contributed by atoms with van der Waals surface area (Å²) < 4.78 is 26.3. The minimum atomic E-state index is -3.71. The SMILES string of the molecule is CC(CNS(=O)(=O)c1cc([N+](=O)[O-])c(N)s1)C1CC1. The first kappa shape index (κ1) is 14.2. The average molecular weight is 305 g/mol. The van der Waals surface area contributed by atoms with Crippen LogP contribution in [0, 0.1) is 22.0 Å². The van der Waals surface area contributed by atoms with Crippen molar-refractivity contribution in [2.75, 3.05) is 12.3 Å². The van der Waals surface area contributed by atoms with Crippen LogP contribution in [0.3, 0.4) is 0 Å². The fourth-order valence-corrected chi connectivity index (χ4v) is 4.19.